The third kappa shape index (κ3) is 8.62. The molecule has 0 fully saturated rings. The van der Waals surface area contributed by atoms with E-state index >= 15 is 0 Å². The number of fused-ring (bicyclic) bond motifs is 9. The molecule has 0 spiro atoms. The molecule has 0 saturated carbocycles. The van der Waals surface area contributed by atoms with Gasteiger partial charge in [-0.1, -0.05) is 169 Å². The van der Waals surface area contributed by atoms with Crippen molar-refractivity contribution >= 4 is 86.9 Å². The van der Waals surface area contributed by atoms with Gasteiger partial charge in [0.1, 0.15) is 11.2 Å². The minimum Gasteiger partial charge on any atom is -0.455 e. The quantitative estimate of drug-likeness (QED) is 0.136. The monoisotopic (exact) mass is 1060 g/mol. The van der Waals surface area contributed by atoms with Crippen molar-refractivity contribution in [3.63, 3.8) is 0 Å². The first kappa shape index (κ1) is 51.3. The van der Waals surface area contributed by atoms with Crippen LogP contribution in [-0.4, -0.2) is 37.5 Å². The van der Waals surface area contributed by atoms with Gasteiger partial charge in [0.2, 0.25) is 0 Å². The van der Waals surface area contributed by atoms with Gasteiger partial charge >= 0.3 is 0 Å². The van der Waals surface area contributed by atoms with Crippen molar-refractivity contribution < 1.29 is 4.42 Å². The number of furan rings is 1. The number of benzene rings is 10. The summed E-state index contributed by atoms with van der Waals surface area (Å²) in [6.07, 6.45) is 14.2. The van der Waals surface area contributed by atoms with E-state index in [1.165, 1.54) is 59.5 Å². The van der Waals surface area contributed by atoms with Crippen molar-refractivity contribution in [3.05, 3.63) is 252 Å². The lowest BCUT2D eigenvalue weighted by Crippen LogP contribution is -2.29. The molecule has 1 aliphatic carbocycles. The molecule has 0 unspecified atom stereocenters. The maximum absolute atomic E-state index is 7.52. The zero-order chi connectivity index (χ0) is 54.5. The van der Waals surface area contributed by atoms with E-state index in [1.807, 2.05) is 0 Å². The van der Waals surface area contributed by atoms with Crippen molar-refractivity contribution in [3.8, 4) is 11.1 Å². The lowest BCUT2D eigenvalue weighted by atomic mass is 9.67. The van der Waals surface area contributed by atoms with Crippen molar-refractivity contribution in [2.45, 2.75) is 67.6 Å². The van der Waals surface area contributed by atoms with E-state index in [9.17, 15) is 0 Å². The van der Waals surface area contributed by atoms with Crippen molar-refractivity contribution in [2.75, 3.05) is 47.3 Å². The molecule has 0 atom stereocenters. The highest BCUT2D eigenvalue weighted by molar-refractivity contribution is 8.32. The van der Waals surface area contributed by atoms with Crippen LogP contribution in [0.15, 0.2) is 233 Å². The van der Waals surface area contributed by atoms with Crippen LogP contribution in [0.2, 0.25) is 0 Å². The number of anilines is 6. The smallest absolute Gasteiger partial charge is 0.145 e. The predicted octanol–water partition coefficient (Wildman–Crippen LogP) is 20.7. The van der Waals surface area contributed by atoms with Crippen LogP contribution in [0.25, 0.3) is 43.8 Å². The molecule has 5 heteroatoms. The first-order chi connectivity index (χ1) is 37.2. The highest BCUT2D eigenvalue weighted by Gasteiger charge is 2.50. The maximum atomic E-state index is 7.52. The molecule has 1 aromatic heterocycles. The maximum Gasteiger partial charge on any atom is 0.145 e. The molecule has 0 bridgehead atoms. The summed E-state index contributed by atoms with van der Waals surface area (Å²) in [5.41, 5.74) is 17.2. The molecule has 0 N–H and O–H groups in total. The Bertz CT molecular complexity index is 3860. The van der Waals surface area contributed by atoms with Gasteiger partial charge in [-0.2, -0.15) is 0 Å². The topological polar surface area (TPSA) is 19.6 Å². The van der Waals surface area contributed by atoms with E-state index in [0.29, 0.717) is 0 Å². The van der Waals surface area contributed by atoms with Gasteiger partial charge in [0.05, 0.1) is 22.2 Å². The number of hydrogen-bond acceptors (Lipinski definition) is 3. The van der Waals surface area contributed by atoms with Crippen LogP contribution < -0.4 is 9.80 Å². The minimum absolute atomic E-state index is 0.000611. The molecule has 1 heterocycles. The first-order valence-electron chi connectivity index (χ1n) is 27.3. The molecule has 78 heavy (non-hydrogen) atoms. The average molecular weight is 1060 g/mol. The minimum atomic E-state index is -0.982. The summed E-state index contributed by atoms with van der Waals surface area (Å²) in [6, 6.07) is 82.7. The summed E-state index contributed by atoms with van der Waals surface area (Å²) in [4.78, 5) is 7.76. The Hall–Kier alpha value is -7.44. The van der Waals surface area contributed by atoms with Crippen molar-refractivity contribution in [2.24, 2.45) is 0 Å². The molecule has 12 rings (SSSR count). The molecule has 11 aromatic rings. The highest BCUT2D eigenvalue weighted by Crippen LogP contribution is 2.64. The zero-order valence-electron chi connectivity index (χ0n) is 47.4. The van der Waals surface area contributed by atoms with E-state index in [-0.39, 0.29) is 10.8 Å². The molecule has 0 aliphatic heterocycles. The summed E-state index contributed by atoms with van der Waals surface area (Å²) in [6.45, 7) is 13.8. The molecule has 0 radical (unpaired) electrons. The van der Waals surface area contributed by atoms with E-state index in [0.717, 1.165) is 61.6 Å². The van der Waals surface area contributed by atoms with Gasteiger partial charge in [0.15, 0.2) is 0 Å². The van der Waals surface area contributed by atoms with Crippen molar-refractivity contribution in [1.29, 1.82) is 0 Å². The average Bonchev–Trinajstić information content (AvgIpc) is 4.03. The lowest BCUT2D eigenvalue weighted by molar-refractivity contribution is 0.590. The molecular formula is C73H72N2OS2. The third-order valence-corrected chi connectivity index (χ3v) is 19.6. The normalized spacial score (nSPS) is 13.9. The zero-order valence-corrected chi connectivity index (χ0v) is 49.0. The Labute approximate surface area is 466 Å². The molecular weight excluding hydrogens is 985 g/mol. The predicted molar refractivity (Wildman–Crippen MR) is 343 cm³/mol. The SMILES string of the molecule is CC(C)(C)c1ccc(N(c2ccc(S(C)(C)C)cc2)c2cc3c(c4ccccc24)-c2c(cc(N(c4ccc(C(C)(C)C)cc4)c4ccc(S(C)(C)C)cc4)c4c2oc2ccccc24)C3(c2ccccc2)c2ccccc2)cc1. The van der Waals surface area contributed by atoms with Gasteiger partial charge in [-0.05, 0) is 193 Å². The molecule has 0 saturated heterocycles. The second kappa shape index (κ2) is 18.9. The van der Waals surface area contributed by atoms with Crippen LogP contribution in [0, 0.1) is 0 Å². The van der Waals surface area contributed by atoms with Crippen LogP contribution in [0.4, 0.5) is 34.1 Å². The Morgan fingerprint density at radius 3 is 1.19 bits per heavy atom. The van der Waals surface area contributed by atoms with Crippen LogP contribution in [-0.2, 0) is 16.2 Å². The summed E-state index contributed by atoms with van der Waals surface area (Å²) in [5, 5.41) is 4.52. The van der Waals surface area contributed by atoms with Gasteiger partial charge in [-0.3, -0.25) is 0 Å². The van der Waals surface area contributed by atoms with Crippen LogP contribution in [0.1, 0.15) is 74.9 Å². The fourth-order valence-corrected chi connectivity index (χ4v) is 14.0. The van der Waals surface area contributed by atoms with Gasteiger partial charge in [-0.15, -0.1) is 0 Å². The fraction of sp³-hybridized carbons (Fsp3) is 0.205. The Balaban J connectivity index is 1.24. The third-order valence-electron chi connectivity index (χ3n) is 16.2. The number of rotatable bonds is 10. The van der Waals surface area contributed by atoms with Gasteiger partial charge in [-0.25, -0.2) is 20.1 Å². The second-order valence-electron chi connectivity index (χ2n) is 24.9. The van der Waals surface area contributed by atoms with E-state index in [4.69, 9.17) is 4.42 Å². The largest absolute Gasteiger partial charge is 0.455 e. The van der Waals surface area contributed by atoms with Gasteiger partial charge in [0.25, 0.3) is 0 Å². The van der Waals surface area contributed by atoms with E-state index in [1.54, 1.807) is 0 Å². The summed E-state index contributed by atoms with van der Waals surface area (Å²) < 4.78 is 7.52. The summed E-state index contributed by atoms with van der Waals surface area (Å²) >= 11 is 0. The number of nitrogens with zero attached hydrogens (tertiary/aromatic N) is 2. The Morgan fingerprint density at radius 1 is 0.372 bits per heavy atom. The van der Waals surface area contributed by atoms with Crippen LogP contribution in [0.3, 0.4) is 0 Å². The fourth-order valence-electron chi connectivity index (χ4n) is 12.1. The van der Waals surface area contributed by atoms with E-state index in [2.05, 4.69) is 307 Å². The van der Waals surface area contributed by atoms with Gasteiger partial charge in [0, 0.05) is 39.1 Å². The molecule has 10 aromatic carbocycles. The summed E-state index contributed by atoms with van der Waals surface area (Å²) in [5.74, 6) is 0. The number of hydrogen-bond donors (Lipinski definition) is 0. The highest BCUT2D eigenvalue weighted by atomic mass is 32.3. The second-order valence-corrected chi connectivity index (χ2v) is 33.2. The molecule has 1 aliphatic rings. The lowest BCUT2D eigenvalue weighted by Gasteiger charge is -2.36. The summed E-state index contributed by atoms with van der Waals surface area (Å²) in [7, 11) is -1.95. The first-order valence-corrected chi connectivity index (χ1v) is 33.0. The van der Waals surface area contributed by atoms with Crippen LogP contribution >= 0.6 is 20.1 Å². The Morgan fingerprint density at radius 2 is 0.744 bits per heavy atom. The Kier molecular flexibility index (Phi) is 12.4. The molecule has 392 valence electrons. The van der Waals surface area contributed by atoms with Crippen molar-refractivity contribution in [1.82, 2.24) is 0 Å². The molecule has 3 nitrogen and oxygen atoms in total. The molecule has 0 amide bonds. The van der Waals surface area contributed by atoms with Crippen LogP contribution in [0.5, 0.6) is 0 Å². The van der Waals surface area contributed by atoms with E-state index < -0.39 is 25.5 Å². The number of para-hydroxylation sites is 1. The standard InChI is InChI=1S/C73H72N2OS2/c1-71(2,3)49-31-35-53(36-32-49)74(55-39-43-57(44-40-55)77(7,8)9)64-47-62-67(60-28-20-19-27-59(60)64)69-63(73(62,51-23-15-13-16-24-51)52-25-17-14-18-26-52)48-65(68-61-29-21-22-30-66(61)76-70(68)69)75(54-37-33-50(34-38-54)72(4,5)6)56-41-45-58(46-42-56)78(10,11)12/h13-48H,1-12H3. The van der Waals surface area contributed by atoms with Gasteiger partial charge < -0.3 is 14.2 Å².